The van der Waals surface area contributed by atoms with E-state index in [0.29, 0.717) is 0 Å². The summed E-state index contributed by atoms with van der Waals surface area (Å²) in [5.41, 5.74) is 2.85. The number of benzene rings is 1. The highest BCUT2D eigenvalue weighted by molar-refractivity contribution is 5.94. The predicted octanol–water partition coefficient (Wildman–Crippen LogP) is 2.42. The highest BCUT2D eigenvalue weighted by Crippen LogP contribution is 2.12. The smallest absolute Gasteiger partial charge is 0.253 e. The van der Waals surface area contributed by atoms with Crippen molar-refractivity contribution < 1.29 is 9.21 Å². The van der Waals surface area contributed by atoms with Gasteiger partial charge >= 0.3 is 0 Å². The third-order valence-electron chi connectivity index (χ3n) is 3.85. The molecule has 1 amide bonds. The molecule has 0 N–H and O–H groups in total. The van der Waals surface area contributed by atoms with Crippen LogP contribution in [0.5, 0.6) is 0 Å². The lowest BCUT2D eigenvalue weighted by Gasteiger charge is -2.34. The Balaban J connectivity index is 1.55. The van der Waals surface area contributed by atoms with E-state index in [1.54, 1.807) is 12.5 Å². The van der Waals surface area contributed by atoms with Crippen LogP contribution in [0.1, 0.15) is 21.5 Å². The lowest BCUT2D eigenvalue weighted by Crippen LogP contribution is -2.48. The topological polar surface area (TPSA) is 36.7 Å². The van der Waals surface area contributed by atoms with Crippen molar-refractivity contribution in [3.63, 3.8) is 0 Å². The Bertz CT molecular complexity index is 582. The highest BCUT2D eigenvalue weighted by atomic mass is 16.3. The normalized spacial score (nSPS) is 16.1. The van der Waals surface area contributed by atoms with E-state index in [9.17, 15) is 4.79 Å². The molecule has 4 nitrogen and oxygen atoms in total. The maximum absolute atomic E-state index is 12.4. The number of hydrogen-bond donors (Lipinski definition) is 0. The van der Waals surface area contributed by atoms with E-state index in [0.717, 1.165) is 43.9 Å². The number of rotatable bonds is 3. The fraction of sp³-hybridized carbons (Fsp3) is 0.294. The quantitative estimate of drug-likeness (QED) is 0.868. The van der Waals surface area contributed by atoms with Gasteiger partial charge in [0.25, 0.3) is 5.91 Å². The highest BCUT2D eigenvalue weighted by Gasteiger charge is 2.22. The first-order valence-electron chi connectivity index (χ1n) is 7.17. The van der Waals surface area contributed by atoms with E-state index in [-0.39, 0.29) is 5.91 Å². The summed E-state index contributed by atoms with van der Waals surface area (Å²) in [6.07, 6.45) is 3.47. The molecule has 0 bridgehead atoms. The second kappa shape index (κ2) is 6.14. The third kappa shape index (κ3) is 3.34. The molecular formula is C17H19N2O2. The summed E-state index contributed by atoms with van der Waals surface area (Å²) in [6.45, 7) is 8.04. The van der Waals surface area contributed by atoms with Crippen LogP contribution in [0.3, 0.4) is 0 Å². The van der Waals surface area contributed by atoms with Crippen LogP contribution in [-0.2, 0) is 6.54 Å². The standard InChI is InChI=1S/C17H19N2O2/c1-14-2-4-16(5-3-14)17(20)19-9-7-18(8-10-19)12-15-6-11-21-13-15/h2-6,11,13H,1,7-10,12H2. The maximum atomic E-state index is 12.4. The molecule has 3 rings (SSSR count). The summed E-state index contributed by atoms with van der Waals surface area (Å²) < 4.78 is 5.09. The van der Waals surface area contributed by atoms with Gasteiger partial charge in [0.1, 0.15) is 0 Å². The molecule has 2 aromatic rings. The van der Waals surface area contributed by atoms with E-state index < -0.39 is 0 Å². The second-order valence-electron chi connectivity index (χ2n) is 5.40. The minimum atomic E-state index is 0.109. The maximum Gasteiger partial charge on any atom is 0.253 e. The molecule has 1 radical (unpaired) electrons. The average molecular weight is 283 g/mol. The average Bonchev–Trinajstić information content (AvgIpc) is 3.01. The predicted molar refractivity (Wildman–Crippen MR) is 80.8 cm³/mol. The molecule has 1 aliphatic heterocycles. The lowest BCUT2D eigenvalue weighted by molar-refractivity contribution is 0.0628. The monoisotopic (exact) mass is 283 g/mol. The van der Waals surface area contributed by atoms with E-state index in [4.69, 9.17) is 4.42 Å². The van der Waals surface area contributed by atoms with Crippen molar-refractivity contribution in [2.24, 2.45) is 0 Å². The lowest BCUT2D eigenvalue weighted by atomic mass is 10.1. The molecule has 109 valence electrons. The second-order valence-corrected chi connectivity index (χ2v) is 5.40. The molecule has 0 saturated carbocycles. The van der Waals surface area contributed by atoms with E-state index in [1.807, 2.05) is 35.2 Å². The zero-order chi connectivity index (χ0) is 14.7. The summed E-state index contributed by atoms with van der Waals surface area (Å²) in [5.74, 6) is 0.109. The first-order valence-corrected chi connectivity index (χ1v) is 7.17. The summed E-state index contributed by atoms with van der Waals surface area (Å²) in [6, 6.07) is 9.44. The van der Waals surface area contributed by atoms with Crippen LogP contribution in [0.4, 0.5) is 0 Å². The van der Waals surface area contributed by atoms with Gasteiger partial charge in [-0.3, -0.25) is 9.69 Å². The molecule has 0 unspecified atom stereocenters. The fourth-order valence-corrected chi connectivity index (χ4v) is 2.58. The molecule has 2 heterocycles. The molecule has 0 atom stereocenters. The Hall–Kier alpha value is -2.07. The van der Waals surface area contributed by atoms with Crippen LogP contribution in [0.15, 0.2) is 47.3 Å². The number of hydrogen-bond acceptors (Lipinski definition) is 3. The van der Waals surface area contributed by atoms with Crippen LogP contribution < -0.4 is 0 Å². The van der Waals surface area contributed by atoms with Gasteiger partial charge in [-0.25, -0.2) is 0 Å². The Labute approximate surface area is 125 Å². The van der Waals surface area contributed by atoms with E-state index in [1.165, 1.54) is 5.56 Å². The molecule has 1 fully saturated rings. The fourth-order valence-electron chi connectivity index (χ4n) is 2.58. The number of piperazine rings is 1. The largest absolute Gasteiger partial charge is 0.472 e. The minimum absolute atomic E-state index is 0.109. The first kappa shape index (κ1) is 13.9. The zero-order valence-corrected chi connectivity index (χ0v) is 12.0. The van der Waals surface area contributed by atoms with Gasteiger partial charge in [0.2, 0.25) is 0 Å². The Kier molecular flexibility index (Phi) is 4.06. The Morgan fingerprint density at radius 2 is 1.81 bits per heavy atom. The number of carbonyl (C=O) groups excluding carboxylic acids is 1. The van der Waals surface area contributed by atoms with Crippen LogP contribution in [0, 0.1) is 6.92 Å². The number of furan rings is 1. The molecular weight excluding hydrogens is 264 g/mol. The summed E-state index contributed by atoms with van der Waals surface area (Å²) in [5, 5.41) is 0. The SMILES string of the molecule is [CH2]c1ccc(C(=O)N2CCN(Cc3ccoc3)CC2)cc1. The molecule has 1 aliphatic rings. The van der Waals surface area contributed by atoms with Crippen LogP contribution in [-0.4, -0.2) is 41.9 Å². The van der Waals surface area contributed by atoms with Crippen molar-refractivity contribution in [2.45, 2.75) is 6.54 Å². The van der Waals surface area contributed by atoms with Crippen LogP contribution in [0.2, 0.25) is 0 Å². The van der Waals surface area contributed by atoms with Gasteiger partial charge in [-0.05, 0) is 30.7 Å². The molecule has 0 aliphatic carbocycles. The van der Waals surface area contributed by atoms with Crippen molar-refractivity contribution in [2.75, 3.05) is 26.2 Å². The molecule has 1 saturated heterocycles. The van der Waals surface area contributed by atoms with E-state index in [2.05, 4.69) is 11.8 Å². The number of amides is 1. The van der Waals surface area contributed by atoms with Gasteiger partial charge in [0, 0.05) is 43.9 Å². The van der Waals surface area contributed by atoms with Gasteiger partial charge < -0.3 is 9.32 Å². The van der Waals surface area contributed by atoms with Crippen molar-refractivity contribution in [3.05, 3.63) is 66.5 Å². The Morgan fingerprint density at radius 1 is 1.10 bits per heavy atom. The van der Waals surface area contributed by atoms with E-state index >= 15 is 0 Å². The van der Waals surface area contributed by atoms with Crippen LogP contribution >= 0.6 is 0 Å². The molecule has 21 heavy (non-hydrogen) atoms. The molecule has 1 aromatic heterocycles. The summed E-state index contributed by atoms with van der Waals surface area (Å²) >= 11 is 0. The van der Waals surface area contributed by atoms with Crippen molar-refractivity contribution >= 4 is 5.91 Å². The number of carbonyl (C=O) groups is 1. The molecule has 4 heteroatoms. The third-order valence-corrected chi connectivity index (χ3v) is 3.85. The van der Waals surface area contributed by atoms with Gasteiger partial charge in [0.15, 0.2) is 0 Å². The van der Waals surface area contributed by atoms with Crippen molar-refractivity contribution in [1.29, 1.82) is 0 Å². The van der Waals surface area contributed by atoms with Gasteiger partial charge in [-0.1, -0.05) is 12.1 Å². The summed E-state index contributed by atoms with van der Waals surface area (Å²) in [7, 11) is 0. The van der Waals surface area contributed by atoms with Crippen LogP contribution in [0.25, 0.3) is 0 Å². The van der Waals surface area contributed by atoms with Gasteiger partial charge in [-0.2, -0.15) is 0 Å². The van der Waals surface area contributed by atoms with Gasteiger partial charge in [-0.15, -0.1) is 0 Å². The zero-order valence-electron chi connectivity index (χ0n) is 12.0. The van der Waals surface area contributed by atoms with Crippen molar-refractivity contribution in [3.8, 4) is 0 Å². The minimum Gasteiger partial charge on any atom is -0.472 e. The summed E-state index contributed by atoms with van der Waals surface area (Å²) in [4.78, 5) is 16.7. The molecule has 1 aromatic carbocycles. The Morgan fingerprint density at radius 3 is 2.43 bits per heavy atom. The first-order chi connectivity index (χ1) is 10.2. The van der Waals surface area contributed by atoms with Crippen molar-refractivity contribution in [1.82, 2.24) is 9.80 Å². The van der Waals surface area contributed by atoms with Gasteiger partial charge in [0.05, 0.1) is 12.5 Å². The number of nitrogens with zero attached hydrogens (tertiary/aromatic N) is 2. The molecule has 0 spiro atoms.